The van der Waals surface area contributed by atoms with Crippen LogP contribution in [0.4, 0.5) is 5.69 Å². The molecule has 0 saturated heterocycles. The molecule has 3 N–H and O–H groups in total. The zero-order chi connectivity index (χ0) is 12.4. The second-order valence-corrected chi connectivity index (χ2v) is 3.80. The Kier molecular flexibility index (Phi) is 2.97. The predicted molar refractivity (Wildman–Crippen MR) is 63.4 cm³/mol. The van der Waals surface area contributed by atoms with Gasteiger partial charge in [0.15, 0.2) is 0 Å². The summed E-state index contributed by atoms with van der Waals surface area (Å²) in [6, 6.07) is 1.69. The fourth-order valence-electron chi connectivity index (χ4n) is 1.28. The van der Waals surface area contributed by atoms with Crippen LogP contribution in [0.2, 0.25) is 5.15 Å². The number of halogens is 1. The molecule has 0 aliphatic carbocycles. The van der Waals surface area contributed by atoms with Crippen molar-refractivity contribution < 1.29 is 4.79 Å². The van der Waals surface area contributed by atoms with Gasteiger partial charge in [-0.2, -0.15) is 0 Å². The summed E-state index contributed by atoms with van der Waals surface area (Å²) in [7, 11) is 0. The third-order valence-corrected chi connectivity index (χ3v) is 2.51. The van der Waals surface area contributed by atoms with E-state index in [1.54, 1.807) is 13.0 Å². The van der Waals surface area contributed by atoms with Crippen molar-refractivity contribution in [2.24, 2.45) is 0 Å². The fourth-order valence-corrected chi connectivity index (χ4v) is 1.38. The number of anilines is 1. The monoisotopic (exact) mass is 252 g/mol. The van der Waals surface area contributed by atoms with E-state index >= 15 is 0 Å². The van der Waals surface area contributed by atoms with Gasteiger partial charge in [-0.1, -0.05) is 11.6 Å². The Morgan fingerprint density at radius 2 is 2.29 bits per heavy atom. The average molecular weight is 253 g/mol. The number of carbonyl (C=O) groups excluding carboxylic acids is 1. The summed E-state index contributed by atoms with van der Waals surface area (Å²) in [5.41, 5.74) is 0.995. The first-order chi connectivity index (χ1) is 8.06. The van der Waals surface area contributed by atoms with Crippen LogP contribution in [0.15, 0.2) is 23.3 Å². The third kappa shape index (κ3) is 2.54. The smallest absolute Gasteiger partial charge is 0.319 e. The molecular formula is C10H9ClN4O2. The van der Waals surface area contributed by atoms with E-state index in [0.717, 1.165) is 5.56 Å². The topological polar surface area (TPSA) is 90.6 Å². The number of pyridine rings is 1. The van der Waals surface area contributed by atoms with Crippen LogP contribution in [-0.2, 0) is 0 Å². The van der Waals surface area contributed by atoms with Crippen LogP contribution >= 0.6 is 11.6 Å². The molecule has 1 amide bonds. The molecule has 6 nitrogen and oxygen atoms in total. The molecule has 0 aliphatic heterocycles. The number of aromatic nitrogens is 3. The summed E-state index contributed by atoms with van der Waals surface area (Å²) in [5, 5.41) is 2.98. The minimum Gasteiger partial charge on any atom is -0.319 e. The predicted octanol–water partition coefficient (Wildman–Crippen LogP) is 1.31. The molecule has 0 fully saturated rings. The Hall–Kier alpha value is -2.08. The van der Waals surface area contributed by atoms with Gasteiger partial charge in [-0.25, -0.2) is 9.78 Å². The van der Waals surface area contributed by atoms with Crippen LogP contribution in [-0.4, -0.2) is 20.9 Å². The van der Waals surface area contributed by atoms with E-state index < -0.39 is 11.6 Å². The maximum absolute atomic E-state index is 11.7. The molecule has 0 radical (unpaired) electrons. The Labute approximate surface area is 101 Å². The van der Waals surface area contributed by atoms with Gasteiger partial charge in [0.2, 0.25) is 0 Å². The van der Waals surface area contributed by atoms with Gasteiger partial charge in [0, 0.05) is 6.20 Å². The number of aryl methyl sites for hydroxylation is 1. The number of carbonyl (C=O) groups is 1. The van der Waals surface area contributed by atoms with Crippen LogP contribution < -0.4 is 11.0 Å². The van der Waals surface area contributed by atoms with Crippen LogP contribution in [0.3, 0.4) is 0 Å². The summed E-state index contributed by atoms with van der Waals surface area (Å²) in [6.07, 6.45) is 2.74. The van der Waals surface area contributed by atoms with Crippen molar-refractivity contribution in [2.75, 3.05) is 5.32 Å². The Morgan fingerprint density at radius 1 is 1.53 bits per heavy atom. The molecule has 2 heterocycles. The van der Waals surface area contributed by atoms with Crippen LogP contribution in [0.25, 0.3) is 0 Å². The molecule has 17 heavy (non-hydrogen) atoms. The van der Waals surface area contributed by atoms with Crippen molar-refractivity contribution >= 4 is 23.2 Å². The zero-order valence-electron chi connectivity index (χ0n) is 8.87. The lowest BCUT2D eigenvalue weighted by atomic mass is 10.3. The van der Waals surface area contributed by atoms with Gasteiger partial charge >= 0.3 is 5.69 Å². The molecule has 0 aromatic carbocycles. The van der Waals surface area contributed by atoms with Gasteiger partial charge in [0.25, 0.3) is 5.91 Å². The minimum absolute atomic E-state index is 0.155. The molecule has 7 heteroatoms. The number of imidazole rings is 1. The molecule has 2 aromatic rings. The highest BCUT2D eigenvalue weighted by molar-refractivity contribution is 6.30. The molecule has 88 valence electrons. The summed E-state index contributed by atoms with van der Waals surface area (Å²) >= 11 is 5.76. The number of hydrogen-bond acceptors (Lipinski definition) is 3. The maximum Gasteiger partial charge on any atom is 0.323 e. The first-order valence-corrected chi connectivity index (χ1v) is 5.15. The van der Waals surface area contributed by atoms with Crippen molar-refractivity contribution in [3.05, 3.63) is 45.4 Å². The van der Waals surface area contributed by atoms with Crippen LogP contribution in [0.1, 0.15) is 16.1 Å². The lowest BCUT2D eigenvalue weighted by Crippen LogP contribution is -2.14. The minimum atomic E-state index is -0.430. The maximum atomic E-state index is 11.7. The molecule has 0 aliphatic rings. The Morgan fingerprint density at radius 3 is 2.88 bits per heavy atom. The molecule has 0 unspecified atom stereocenters. The van der Waals surface area contributed by atoms with E-state index in [9.17, 15) is 9.59 Å². The van der Waals surface area contributed by atoms with Gasteiger partial charge in [0.1, 0.15) is 10.8 Å². The van der Waals surface area contributed by atoms with Gasteiger partial charge in [-0.15, -0.1) is 0 Å². The second kappa shape index (κ2) is 4.42. The molecular weight excluding hydrogens is 244 g/mol. The van der Waals surface area contributed by atoms with Crippen molar-refractivity contribution in [1.29, 1.82) is 0 Å². The number of aromatic amines is 2. The number of H-pyrrole nitrogens is 2. The van der Waals surface area contributed by atoms with Gasteiger partial charge in [-0.3, -0.25) is 4.79 Å². The van der Waals surface area contributed by atoms with E-state index in [-0.39, 0.29) is 5.69 Å². The van der Waals surface area contributed by atoms with E-state index in [4.69, 9.17) is 11.6 Å². The van der Waals surface area contributed by atoms with Crippen molar-refractivity contribution in [3.8, 4) is 0 Å². The number of rotatable bonds is 2. The standard InChI is InChI=1S/C10H9ClN4O2/c1-5-2-6(3-12-8(5)11)14-9(16)7-4-13-10(17)15-7/h2-4H,1H3,(H,14,16)(H2,13,15,17). The number of amides is 1. The summed E-state index contributed by atoms with van der Waals surface area (Å²) < 4.78 is 0. The first kappa shape index (κ1) is 11.4. The van der Waals surface area contributed by atoms with E-state index in [0.29, 0.717) is 10.8 Å². The average Bonchev–Trinajstić information content (AvgIpc) is 2.70. The van der Waals surface area contributed by atoms with E-state index in [1.165, 1.54) is 12.4 Å². The van der Waals surface area contributed by atoms with Crippen molar-refractivity contribution in [1.82, 2.24) is 15.0 Å². The largest absolute Gasteiger partial charge is 0.323 e. The Balaban J connectivity index is 2.18. The Bertz CT molecular complexity index is 617. The molecule has 2 rings (SSSR count). The van der Waals surface area contributed by atoms with Crippen molar-refractivity contribution in [2.45, 2.75) is 6.92 Å². The van der Waals surface area contributed by atoms with Crippen LogP contribution in [0.5, 0.6) is 0 Å². The zero-order valence-corrected chi connectivity index (χ0v) is 9.63. The lowest BCUT2D eigenvalue weighted by molar-refractivity contribution is 0.102. The molecule has 0 atom stereocenters. The second-order valence-electron chi connectivity index (χ2n) is 3.44. The number of nitrogens with one attached hydrogen (secondary N) is 3. The highest BCUT2D eigenvalue weighted by atomic mass is 35.5. The molecule has 0 bridgehead atoms. The number of hydrogen-bond donors (Lipinski definition) is 3. The molecule has 2 aromatic heterocycles. The normalized spacial score (nSPS) is 10.2. The SMILES string of the molecule is Cc1cc(NC(=O)c2c[nH]c(=O)[nH]2)cnc1Cl. The quantitative estimate of drug-likeness (QED) is 0.704. The van der Waals surface area contributed by atoms with Crippen molar-refractivity contribution in [3.63, 3.8) is 0 Å². The highest BCUT2D eigenvalue weighted by Crippen LogP contribution is 2.16. The summed E-state index contributed by atoms with van der Waals surface area (Å²) in [4.78, 5) is 31.1. The van der Waals surface area contributed by atoms with E-state index in [1.807, 2.05) is 0 Å². The third-order valence-electron chi connectivity index (χ3n) is 2.11. The van der Waals surface area contributed by atoms with Gasteiger partial charge in [-0.05, 0) is 18.6 Å². The van der Waals surface area contributed by atoms with Crippen LogP contribution in [0, 0.1) is 6.92 Å². The van der Waals surface area contributed by atoms with Gasteiger partial charge in [0.05, 0.1) is 11.9 Å². The highest BCUT2D eigenvalue weighted by Gasteiger charge is 2.09. The van der Waals surface area contributed by atoms with Gasteiger partial charge < -0.3 is 15.3 Å². The summed E-state index contributed by atoms with van der Waals surface area (Å²) in [5.74, 6) is -0.424. The molecule has 0 spiro atoms. The summed E-state index contributed by atoms with van der Waals surface area (Å²) in [6.45, 7) is 1.78. The molecule has 0 saturated carbocycles. The fraction of sp³-hybridized carbons (Fsp3) is 0.100. The lowest BCUT2D eigenvalue weighted by Gasteiger charge is -2.04. The first-order valence-electron chi connectivity index (χ1n) is 4.77. The number of nitrogens with zero attached hydrogens (tertiary/aromatic N) is 1. The van der Waals surface area contributed by atoms with E-state index in [2.05, 4.69) is 20.3 Å².